The van der Waals surface area contributed by atoms with Crippen LogP contribution < -0.4 is 5.73 Å². The summed E-state index contributed by atoms with van der Waals surface area (Å²) in [5.41, 5.74) is 8.40. The van der Waals surface area contributed by atoms with Gasteiger partial charge in [-0.3, -0.25) is 4.98 Å². The Balaban J connectivity index is 1.92. The zero-order valence-electron chi connectivity index (χ0n) is 10.1. The van der Waals surface area contributed by atoms with Crippen molar-refractivity contribution in [2.24, 2.45) is 11.1 Å². The molecule has 92 valence electrons. The van der Waals surface area contributed by atoms with Crippen LogP contribution in [0.1, 0.15) is 30.1 Å². The number of pyridine rings is 1. The van der Waals surface area contributed by atoms with Crippen LogP contribution >= 0.6 is 0 Å². The van der Waals surface area contributed by atoms with Crippen molar-refractivity contribution in [1.82, 2.24) is 9.88 Å². The van der Waals surface area contributed by atoms with Crippen molar-refractivity contribution in [3.63, 3.8) is 0 Å². The Morgan fingerprint density at radius 2 is 2.18 bits per heavy atom. The molecule has 0 amide bonds. The lowest BCUT2D eigenvalue weighted by atomic mass is 9.73. The van der Waals surface area contributed by atoms with E-state index in [1.165, 1.54) is 6.20 Å². The molecule has 0 aromatic carbocycles. The Kier molecular flexibility index (Phi) is 2.45. The van der Waals surface area contributed by atoms with Crippen LogP contribution in [0.15, 0.2) is 12.3 Å². The molecule has 1 unspecified atom stereocenters. The Morgan fingerprint density at radius 1 is 1.47 bits per heavy atom. The first-order valence-electron chi connectivity index (χ1n) is 6.19. The Hall–Kier alpha value is -1.00. The normalized spacial score (nSPS) is 27.4. The zero-order chi connectivity index (χ0) is 12.0. The summed E-state index contributed by atoms with van der Waals surface area (Å²) in [6, 6.07) is 1.58. The zero-order valence-corrected chi connectivity index (χ0v) is 10.1. The van der Waals surface area contributed by atoms with Gasteiger partial charge in [-0.15, -0.1) is 0 Å². The predicted octanol–water partition coefficient (Wildman–Crippen LogP) is 1.49. The molecule has 1 aliphatic heterocycles. The monoisotopic (exact) mass is 235 g/mol. The number of rotatable bonds is 0. The first-order chi connectivity index (χ1) is 8.11. The topological polar surface area (TPSA) is 42.2 Å². The number of likely N-dealkylation sites (tertiary alicyclic amines) is 1. The molecule has 2 aliphatic rings. The molecule has 0 saturated carbocycles. The lowest BCUT2D eigenvalue weighted by Crippen LogP contribution is -2.42. The third kappa shape index (κ3) is 1.67. The smallest absolute Gasteiger partial charge is 0.141 e. The van der Waals surface area contributed by atoms with Gasteiger partial charge in [-0.25, -0.2) is 4.39 Å². The summed E-state index contributed by atoms with van der Waals surface area (Å²) in [4.78, 5) is 6.52. The standard InChI is InChI=1S/C13H18FN3/c1-17-4-2-13(3-5-17)7-9-6-10(14)8-16-11(9)12(13)15/h6,8,12H,2-5,7,15H2,1H3. The van der Waals surface area contributed by atoms with Crippen LogP contribution in [0.25, 0.3) is 0 Å². The Bertz CT molecular complexity index is 438. The van der Waals surface area contributed by atoms with Crippen molar-refractivity contribution in [3.05, 3.63) is 29.3 Å². The summed E-state index contributed by atoms with van der Waals surface area (Å²) in [7, 11) is 2.14. The van der Waals surface area contributed by atoms with E-state index >= 15 is 0 Å². The van der Waals surface area contributed by atoms with E-state index in [9.17, 15) is 4.39 Å². The van der Waals surface area contributed by atoms with Crippen molar-refractivity contribution >= 4 is 0 Å². The second-order valence-electron chi connectivity index (χ2n) is 5.52. The van der Waals surface area contributed by atoms with Crippen LogP contribution in [0.5, 0.6) is 0 Å². The maximum atomic E-state index is 13.2. The van der Waals surface area contributed by atoms with Gasteiger partial charge in [0, 0.05) is 0 Å². The summed E-state index contributed by atoms with van der Waals surface area (Å²) < 4.78 is 13.2. The number of piperidine rings is 1. The summed E-state index contributed by atoms with van der Waals surface area (Å²) >= 11 is 0. The number of halogens is 1. The summed E-state index contributed by atoms with van der Waals surface area (Å²) in [6.07, 6.45) is 4.35. The number of aromatic nitrogens is 1. The Morgan fingerprint density at radius 3 is 2.88 bits per heavy atom. The van der Waals surface area contributed by atoms with E-state index in [0.717, 1.165) is 43.6 Å². The molecule has 4 heteroatoms. The molecular formula is C13H18FN3. The number of nitrogens with zero attached hydrogens (tertiary/aromatic N) is 2. The highest BCUT2D eigenvalue weighted by molar-refractivity contribution is 5.33. The molecule has 3 nitrogen and oxygen atoms in total. The van der Waals surface area contributed by atoms with Crippen LogP contribution in [-0.2, 0) is 6.42 Å². The van der Waals surface area contributed by atoms with Crippen LogP contribution in [0.3, 0.4) is 0 Å². The van der Waals surface area contributed by atoms with E-state index in [-0.39, 0.29) is 17.3 Å². The number of hydrogen-bond donors (Lipinski definition) is 1. The van der Waals surface area contributed by atoms with Crippen LogP contribution in [-0.4, -0.2) is 30.0 Å². The fraction of sp³-hybridized carbons (Fsp3) is 0.615. The maximum absolute atomic E-state index is 13.2. The fourth-order valence-corrected chi connectivity index (χ4v) is 3.24. The molecule has 1 aromatic rings. The minimum Gasteiger partial charge on any atom is -0.322 e. The maximum Gasteiger partial charge on any atom is 0.141 e. The highest BCUT2D eigenvalue weighted by Gasteiger charge is 2.46. The fourth-order valence-electron chi connectivity index (χ4n) is 3.24. The molecule has 1 aromatic heterocycles. The van der Waals surface area contributed by atoms with Crippen molar-refractivity contribution < 1.29 is 4.39 Å². The molecule has 0 radical (unpaired) electrons. The van der Waals surface area contributed by atoms with Gasteiger partial charge in [-0.2, -0.15) is 0 Å². The lowest BCUT2D eigenvalue weighted by Gasteiger charge is -2.40. The van der Waals surface area contributed by atoms with Crippen LogP contribution in [0, 0.1) is 11.2 Å². The van der Waals surface area contributed by atoms with E-state index in [0.29, 0.717) is 0 Å². The van der Waals surface area contributed by atoms with E-state index in [1.54, 1.807) is 6.07 Å². The third-order valence-corrected chi connectivity index (χ3v) is 4.45. The van der Waals surface area contributed by atoms with Gasteiger partial charge in [0.15, 0.2) is 0 Å². The lowest BCUT2D eigenvalue weighted by molar-refractivity contribution is 0.105. The average molecular weight is 235 g/mol. The molecular weight excluding hydrogens is 217 g/mol. The molecule has 17 heavy (non-hydrogen) atoms. The molecule has 2 N–H and O–H groups in total. The molecule has 2 heterocycles. The molecule has 1 saturated heterocycles. The second-order valence-corrected chi connectivity index (χ2v) is 5.52. The van der Waals surface area contributed by atoms with E-state index in [4.69, 9.17) is 5.73 Å². The largest absolute Gasteiger partial charge is 0.322 e. The number of fused-ring (bicyclic) bond motifs is 1. The van der Waals surface area contributed by atoms with Gasteiger partial charge in [0.05, 0.1) is 17.9 Å². The van der Waals surface area contributed by atoms with Crippen LogP contribution in [0.4, 0.5) is 4.39 Å². The summed E-state index contributed by atoms with van der Waals surface area (Å²) in [5, 5.41) is 0. The first kappa shape index (κ1) is 11.1. The van der Waals surface area contributed by atoms with Gasteiger partial charge >= 0.3 is 0 Å². The molecule has 0 bridgehead atoms. The summed E-state index contributed by atoms with van der Waals surface area (Å²) in [5.74, 6) is -0.249. The molecule has 3 rings (SSSR count). The van der Waals surface area contributed by atoms with Gasteiger partial charge in [0.2, 0.25) is 0 Å². The van der Waals surface area contributed by atoms with Crippen molar-refractivity contribution in [2.45, 2.75) is 25.3 Å². The minimum atomic E-state index is -0.249. The number of hydrogen-bond acceptors (Lipinski definition) is 3. The van der Waals surface area contributed by atoms with E-state index < -0.39 is 0 Å². The van der Waals surface area contributed by atoms with E-state index in [2.05, 4.69) is 16.9 Å². The van der Waals surface area contributed by atoms with E-state index in [1.807, 2.05) is 0 Å². The molecule has 1 fully saturated rings. The molecule has 1 spiro atoms. The quantitative estimate of drug-likeness (QED) is 0.740. The van der Waals surface area contributed by atoms with Crippen molar-refractivity contribution in [3.8, 4) is 0 Å². The third-order valence-electron chi connectivity index (χ3n) is 4.45. The summed E-state index contributed by atoms with van der Waals surface area (Å²) in [6.45, 7) is 2.15. The van der Waals surface area contributed by atoms with Gasteiger partial charge < -0.3 is 10.6 Å². The minimum absolute atomic E-state index is 0.0215. The average Bonchev–Trinajstić information content (AvgIpc) is 2.57. The number of nitrogens with two attached hydrogens (primary N) is 1. The SMILES string of the molecule is CN1CCC2(CC1)Cc1cc(F)cnc1C2N. The highest BCUT2D eigenvalue weighted by atomic mass is 19.1. The van der Waals surface area contributed by atoms with Crippen molar-refractivity contribution in [1.29, 1.82) is 0 Å². The second kappa shape index (κ2) is 3.75. The Labute approximate surface area is 101 Å². The van der Waals surface area contributed by atoms with Crippen molar-refractivity contribution in [2.75, 3.05) is 20.1 Å². The first-order valence-corrected chi connectivity index (χ1v) is 6.19. The molecule has 1 atom stereocenters. The predicted molar refractivity (Wildman–Crippen MR) is 64.0 cm³/mol. The van der Waals surface area contributed by atoms with Gasteiger partial charge in [-0.1, -0.05) is 0 Å². The van der Waals surface area contributed by atoms with Crippen LogP contribution in [0.2, 0.25) is 0 Å². The molecule has 1 aliphatic carbocycles. The van der Waals surface area contributed by atoms with Gasteiger partial charge in [0.1, 0.15) is 5.82 Å². The van der Waals surface area contributed by atoms with Gasteiger partial charge in [0.25, 0.3) is 0 Å². The highest BCUT2D eigenvalue weighted by Crippen LogP contribution is 2.49. The van der Waals surface area contributed by atoms with Gasteiger partial charge in [-0.05, 0) is 56.4 Å².